The molecule has 3 N–H and O–H groups in total. The van der Waals surface area contributed by atoms with Crippen molar-refractivity contribution in [2.24, 2.45) is 16.6 Å². The smallest absolute Gasteiger partial charge is 0.0624 e. The van der Waals surface area contributed by atoms with E-state index in [1.54, 1.807) is 0 Å². The summed E-state index contributed by atoms with van der Waals surface area (Å²) >= 11 is 0. The second kappa shape index (κ2) is 4.63. The van der Waals surface area contributed by atoms with Gasteiger partial charge < -0.3 is 15.8 Å². The number of ether oxygens (including phenoxy) is 1. The van der Waals surface area contributed by atoms with Crippen molar-refractivity contribution >= 4 is 0 Å². The minimum Gasteiger partial charge on any atom is -0.379 e. The molecule has 2 atom stereocenters. The highest BCUT2D eigenvalue weighted by atomic mass is 16.5. The Kier molecular flexibility index (Phi) is 3.57. The van der Waals surface area contributed by atoms with Gasteiger partial charge in [-0.1, -0.05) is 26.7 Å². The van der Waals surface area contributed by atoms with Gasteiger partial charge in [0.2, 0.25) is 0 Å². The lowest BCUT2D eigenvalue weighted by Gasteiger charge is -2.30. The number of hydrogen-bond acceptors (Lipinski definition) is 3. The predicted octanol–water partition coefficient (Wildman–Crippen LogP) is 1.52. The normalized spacial score (nSPS) is 38.1. The molecule has 0 aromatic rings. The Labute approximate surface area is 99.1 Å². The van der Waals surface area contributed by atoms with Gasteiger partial charge in [-0.3, -0.25) is 0 Å². The summed E-state index contributed by atoms with van der Waals surface area (Å²) in [5.41, 5.74) is 6.74. The van der Waals surface area contributed by atoms with Gasteiger partial charge in [-0.05, 0) is 18.3 Å². The maximum atomic E-state index is 6.08. The monoisotopic (exact) mass is 226 g/mol. The van der Waals surface area contributed by atoms with Crippen LogP contribution in [0, 0.1) is 10.8 Å². The molecule has 0 aromatic heterocycles. The zero-order valence-corrected chi connectivity index (χ0v) is 10.7. The zero-order chi connectivity index (χ0) is 11.6. The van der Waals surface area contributed by atoms with E-state index in [2.05, 4.69) is 19.2 Å². The van der Waals surface area contributed by atoms with Crippen molar-refractivity contribution in [2.45, 2.75) is 45.6 Å². The van der Waals surface area contributed by atoms with E-state index in [1.165, 1.54) is 25.7 Å². The van der Waals surface area contributed by atoms with Gasteiger partial charge in [0.25, 0.3) is 0 Å². The average molecular weight is 226 g/mol. The van der Waals surface area contributed by atoms with E-state index < -0.39 is 0 Å². The van der Waals surface area contributed by atoms with E-state index in [4.69, 9.17) is 10.5 Å². The highest BCUT2D eigenvalue weighted by Gasteiger charge is 2.38. The maximum Gasteiger partial charge on any atom is 0.0624 e. The largest absolute Gasteiger partial charge is 0.379 e. The number of rotatable bonds is 4. The number of nitrogens with one attached hydrogen (secondary N) is 1. The van der Waals surface area contributed by atoms with Gasteiger partial charge in [0.05, 0.1) is 13.2 Å². The fourth-order valence-electron chi connectivity index (χ4n) is 2.96. The lowest BCUT2D eigenvalue weighted by atomic mass is 9.84. The first-order valence-corrected chi connectivity index (χ1v) is 6.58. The molecule has 2 rings (SSSR count). The molecule has 2 fully saturated rings. The van der Waals surface area contributed by atoms with Crippen LogP contribution in [0.2, 0.25) is 0 Å². The minimum atomic E-state index is 0.134. The minimum absolute atomic E-state index is 0.134. The van der Waals surface area contributed by atoms with Crippen molar-refractivity contribution in [3.05, 3.63) is 0 Å². The van der Waals surface area contributed by atoms with Gasteiger partial charge in [0.1, 0.15) is 0 Å². The van der Waals surface area contributed by atoms with Gasteiger partial charge in [-0.2, -0.15) is 0 Å². The van der Waals surface area contributed by atoms with E-state index in [0.29, 0.717) is 5.41 Å². The van der Waals surface area contributed by atoms with E-state index in [1.807, 2.05) is 0 Å². The number of nitrogens with two attached hydrogens (primary N) is 1. The average Bonchev–Trinajstić information content (AvgIpc) is 2.77. The van der Waals surface area contributed by atoms with Crippen LogP contribution in [0.1, 0.15) is 39.5 Å². The third-order valence-electron chi connectivity index (χ3n) is 4.52. The van der Waals surface area contributed by atoms with Crippen molar-refractivity contribution in [1.29, 1.82) is 0 Å². The molecule has 1 saturated carbocycles. The summed E-state index contributed by atoms with van der Waals surface area (Å²) in [5.74, 6) is 0. The fraction of sp³-hybridized carbons (Fsp3) is 1.00. The Hall–Kier alpha value is -0.120. The molecule has 1 aliphatic carbocycles. The van der Waals surface area contributed by atoms with Crippen LogP contribution in [-0.4, -0.2) is 32.3 Å². The molecule has 3 heteroatoms. The highest BCUT2D eigenvalue weighted by Crippen LogP contribution is 2.37. The first kappa shape index (κ1) is 12.3. The first-order valence-electron chi connectivity index (χ1n) is 6.58. The van der Waals surface area contributed by atoms with E-state index in [-0.39, 0.29) is 11.5 Å². The molecule has 94 valence electrons. The molecule has 3 nitrogen and oxygen atoms in total. The molecule has 2 unspecified atom stereocenters. The van der Waals surface area contributed by atoms with E-state index in [0.717, 1.165) is 26.3 Å². The van der Waals surface area contributed by atoms with Crippen molar-refractivity contribution in [3.63, 3.8) is 0 Å². The zero-order valence-electron chi connectivity index (χ0n) is 10.7. The Morgan fingerprint density at radius 1 is 1.25 bits per heavy atom. The van der Waals surface area contributed by atoms with E-state index >= 15 is 0 Å². The summed E-state index contributed by atoms with van der Waals surface area (Å²) in [6.07, 6.45) is 5.55. The van der Waals surface area contributed by atoms with Gasteiger partial charge >= 0.3 is 0 Å². The summed E-state index contributed by atoms with van der Waals surface area (Å²) in [5, 5.41) is 3.62. The third-order valence-corrected chi connectivity index (χ3v) is 4.52. The lowest BCUT2D eigenvalue weighted by Crippen LogP contribution is -2.47. The van der Waals surface area contributed by atoms with Crippen LogP contribution in [0.25, 0.3) is 0 Å². The quantitative estimate of drug-likeness (QED) is 0.764. The molecule has 0 amide bonds. The lowest BCUT2D eigenvalue weighted by molar-refractivity contribution is 0.155. The molecule has 1 saturated heterocycles. The molecule has 0 bridgehead atoms. The van der Waals surface area contributed by atoms with E-state index in [9.17, 15) is 0 Å². The van der Waals surface area contributed by atoms with Crippen molar-refractivity contribution in [2.75, 3.05) is 26.3 Å². The molecule has 1 heterocycles. The Morgan fingerprint density at radius 2 is 1.94 bits per heavy atom. The van der Waals surface area contributed by atoms with Crippen molar-refractivity contribution in [3.8, 4) is 0 Å². The summed E-state index contributed by atoms with van der Waals surface area (Å²) < 4.78 is 5.46. The van der Waals surface area contributed by atoms with Crippen LogP contribution < -0.4 is 11.1 Å². The van der Waals surface area contributed by atoms with Crippen molar-refractivity contribution in [1.82, 2.24) is 5.32 Å². The molecule has 1 aliphatic heterocycles. The highest BCUT2D eigenvalue weighted by molar-refractivity contribution is 4.92. The molecule has 0 spiro atoms. The van der Waals surface area contributed by atoms with Crippen LogP contribution in [0.4, 0.5) is 0 Å². The summed E-state index contributed by atoms with van der Waals surface area (Å²) in [7, 11) is 0. The second-order valence-corrected chi connectivity index (χ2v) is 6.40. The molecule has 2 aliphatic rings. The van der Waals surface area contributed by atoms with Gasteiger partial charge in [0.15, 0.2) is 0 Å². The molecule has 16 heavy (non-hydrogen) atoms. The van der Waals surface area contributed by atoms with Crippen LogP contribution in [0.3, 0.4) is 0 Å². The molecular weight excluding hydrogens is 200 g/mol. The predicted molar refractivity (Wildman–Crippen MR) is 66.3 cm³/mol. The van der Waals surface area contributed by atoms with Gasteiger partial charge in [-0.15, -0.1) is 0 Å². The maximum absolute atomic E-state index is 6.08. The summed E-state index contributed by atoms with van der Waals surface area (Å²) in [6, 6.07) is 0.191. The third kappa shape index (κ3) is 2.58. The van der Waals surface area contributed by atoms with Crippen molar-refractivity contribution < 1.29 is 4.74 Å². The first-order chi connectivity index (χ1) is 7.54. The topological polar surface area (TPSA) is 47.3 Å². The molecule has 0 radical (unpaired) electrons. The van der Waals surface area contributed by atoms with Gasteiger partial charge in [-0.25, -0.2) is 0 Å². The van der Waals surface area contributed by atoms with Crippen LogP contribution in [0.5, 0.6) is 0 Å². The molecule has 0 aromatic carbocycles. The van der Waals surface area contributed by atoms with Crippen LogP contribution in [0.15, 0.2) is 0 Å². The second-order valence-electron chi connectivity index (χ2n) is 6.40. The Balaban J connectivity index is 1.75. The Bertz CT molecular complexity index is 238. The molecular formula is C13H26N2O. The van der Waals surface area contributed by atoms with Gasteiger partial charge in [0, 0.05) is 24.5 Å². The number of hydrogen-bond donors (Lipinski definition) is 2. The standard InChI is InChI=1S/C13H26N2O/c1-12(5-3-4-6-12)8-15-9-13(2)10-16-7-11(13)14/h11,15H,3-10,14H2,1-2H3. The SMILES string of the molecule is CC1(CNCC2(C)COCC2N)CCCC1. The van der Waals surface area contributed by atoms with Crippen LogP contribution in [-0.2, 0) is 4.74 Å². The summed E-state index contributed by atoms with van der Waals surface area (Å²) in [4.78, 5) is 0. The fourth-order valence-corrected chi connectivity index (χ4v) is 2.96. The Morgan fingerprint density at radius 3 is 2.50 bits per heavy atom. The summed E-state index contributed by atoms with van der Waals surface area (Å²) in [6.45, 7) is 8.28. The van der Waals surface area contributed by atoms with Crippen LogP contribution >= 0.6 is 0 Å².